The molecule has 0 radical (unpaired) electrons. The number of carbonyl (C=O) groups excluding carboxylic acids is 1. The van der Waals surface area contributed by atoms with Crippen LogP contribution < -0.4 is 4.90 Å². The maximum Gasteiger partial charge on any atom is 0.244 e. The lowest BCUT2D eigenvalue weighted by molar-refractivity contribution is -0.107. The lowest BCUT2D eigenvalue weighted by Gasteiger charge is -2.23. The first kappa shape index (κ1) is 16.4. The van der Waals surface area contributed by atoms with Crippen molar-refractivity contribution in [3.63, 3.8) is 0 Å². The van der Waals surface area contributed by atoms with Gasteiger partial charge in [-0.15, -0.1) is 0 Å². The van der Waals surface area contributed by atoms with E-state index in [1.54, 1.807) is 11.8 Å². The summed E-state index contributed by atoms with van der Waals surface area (Å²) in [6.45, 7) is 6.49. The lowest BCUT2D eigenvalue weighted by atomic mass is 9.84. The summed E-state index contributed by atoms with van der Waals surface area (Å²) in [7, 11) is 2.07. The second-order valence-corrected chi connectivity index (χ2v) is 8.48. The van der Waals surface area contributed by atoms with Crippen molar-refractivity contribution >= 4 is 38.7 Å². The van der Waals surface area contributed by atoms with Crippen molar-refractivity contribution in [1.29, 1.82) is 0 Å². The Kier molecular flexibility index (Phi) is 4.43. The van der Waals surface area contributed by atoms with Gasteiger partial charge in [0.15, 0.2) is 0 Å². The van der Waals surface area contributed by atoms with Gasteiger partial charge in [0.05, 0.1) is 0 Å². The van der Waals surface area contributed by atoms with Crippen LogP contribution in [0, 0.1) is 0 Å². The van der Waals surface area contributed by atoms with Crippen molar-refractivity contribution in [3.8, 4) is 0 Å². The molecule has 5 heteroatoms. The van der Waals surface area contributed by atoms with Gasteiger partial charge in [0.1, 0.15) is 10.1 Å². The molecule has 2 aliphatic rings. The Balaban J connectivity index is 1.95. The minimum Gasteiger partial charge on any atom is -0.347 e. The Morgan fingerprint density at radius 2 is 2.04 bits per heavy atom. The first-order chi connectivity index (χ1) is 10.9. The molecule has 120 valence electrons. The van der Waals surface area contributed by atoms with E-state index < -0.39 is 0 Å². The smallest absolute Gasteiger partial charge is 0.244 e. The van der Waals surface area contributed by atoms with Gasteiger partial charge in [0.2, 0.25) is 5.12 Å². The SMILES string of the molecule is CCSC1=N/C(=C/C=C2/N(C)c3ccccc3C2(C)C)C(=O)S1. The van der Waals surface area contributed by atoms with Gasteiger partial charge >= 0.3 is 0 Å². The fraction of sp³-hybridized carbons (Fsp3) is 0.333. The lowest BCUT2D eigenvalue weighted by Crippen LogP contribution is -2.22. The number of hydrogen-bond acceptors (Lipinski definition) is 5. The minimum absolute atomic E-state index is 0.0359. The normalized spacial score (nSPS) is 22.9. The monoisotopic (exact) mass is 344 g/mol. The Morgan fingerprint density at radius 1 is 1.30 bits per heavy atom. The Labute approximate surface area is 145 Å². The van der Waals surface area contributed by atoms with Crippen molar-refractivity contribution in [1.82, 2.24) is 0 Å². The summed E-state index contributed by atoms with van der Waals surface area (Å²) in [4.78, 5) is 18.7. The number of benzene rings is 1. The van der Waals surface area contributed by atoms with Crippen molar-refractivity contribution in [2.75, 3.05) is 17.7 Å². The third-order valence-corrected chi connectivity index (χ3v) is 6.10. The number of carbonyl (C=O) groups is 1. The van der Waals surface area contributed by atoms with E-state index in [2.05, 4.69) is 62.0 Å². The van der Waals surface area contributed by atoms with E-state index >= 15 is 0 Å². The predicted octanol–water partition coefficient (Wildman–Crippen LogP) is 4.56. The van der Waals surface area contributed by atoms with Crippen LogP contribution in [0.2, 0.25) is 0 Å². The van der Waals surface area contributed by atoms with Crippen LogP contribution >= 0.6 is 23.5 Å². The highest BCUT2D eigenvalue weighted by molar-refractivity contribution is 8.45. The molecule has 3 rings (SSSR count). The van der Waals surface area contributed by atoms with Gasteiger partial charge in [-0.2, -0.15) is 0 Å². The van der Waals surface area contributed by atoms with E-state index in [1.165, 1.54) is 28.7 Å². The average Bonchev–Trinajstić information content (AvgIpc) is 2.95. The molecule has 0 aliphatic carbocycles. The van der Waals surface area contributed by atoms with E-state index in [-0.39, 0.29) is 10.5 Å². The van der Waals surface area contributed by atoms with Crippen LogP contribution in [0.25, 0.3) is 0 Å². The zero-order valence-electron chi connectivity index (χ0n) is 13.8. The summed E-state index contributed by atoms with van der Waals surface area (Å²) in [5.41, 5.74) is 4.17. The highest BCUT2D eigenvalue weighted by atomic mass is 32.2. The van der Waals surface area contributed by atoms with Crippen molar-refractivity contribution < 1.29 is 4.79 Å². The van der Waals surface area contributed by atoms with E-state index in [0.29, 0.717) is 5.70 Å². The van der Waals surface area contributed by atoms with Crippen LogP contribution in [0.5, 0.6) is 0 Å². The molecule has 1 aromatic rings. The van der Waals surface area contributed by atoms with Crippen LogP contribution in [-0.2, 0) is 10.2 Å². The van der Waals surface area contributed by atoms with E-state index in [1.807, 2.05) is 12.2 Å². The minimum atomic E-state index is -0.0814. The molecular formula is C18H20N2OS2. The first-order valence-electron chi connectivity index (χ1n) is 7.64. The highest BCUT2D eigenvalue weighted by Crippen LogP contribution is 2.46. The molecule has 2 aliphatic heterocycles. The molecule has 0 N–H and O–H groups in total. The zero-order chi connectivity index (χ0) is 16.6. The van der Waals surface area contributed by atoms with Crippen LogP contribution in [0.3, 0.4) is 0 Å². The number of anilines is 1. The fourth-order valence-electron chi connectivity index (χ4n) is 3.05. The Hall–Kier alpha value is -1.46. The standard InChI is InChI=1S/C18H20N2OS2/c1-5-22-17-19-13(16(21)23-17)10-11-15-18(2,3)12-8-6-7-9-14(12)20(15)4/h6-11H,5H2,1-4H3/b13-10+,15-11+. The Bertz CT molecular complexity index is 747. The van der Waals surface area contributed by atoms with Crippen molar-refractivity contribution in [2.24, 2.45) is 4.99 Å². The topological polar surface area (TPSA) is 32.7 Å². The number of rotatable bonds is 2. The van der Waals surface area contributed by atoms with E-state index in [9.17, 15) is 4.79 Å². The summed E-state index contributed by atoms with van der Waals surface area (Å²) in [5.74, 6) is 0.929. The van der Waals surface area contributed by atoms with Gasteiger partial charge in [-0.25, -0.2) is 4.99 Å². The number of nitrogens with zero attached hydrogens (tertiary/aromatic N) is 2. The van der Waals surface area contributed by atoms with Crippen LogP contribution in [0.4, 0.5) is 5.69 Å². The number of para-hydroxylation sites is 1. The van der Waals surface area contributed by atoms with Gasteiger partial charge < -0.3 is 4.90 Å². The van der Waals surface area contributed by atoms with Crippen molar-refractivity contribution in [2.45, 2.75) is 26.2 Å². The summed E-state index contributed by atoms with van der Waals surface area (Å²) in [6, 6.07) is 8.44. The third-order valence-electron chi connectivity index (χ3n) is 4.21. The highest BCUT2D eigenvalue weighted by Gasteiger charge is 2.37. The van der Waals surface area contributed by atoms with Crippen LogP contribution in [0.15, 0.2) is 52.8 Å². The molecule has 23 heavy (non-hydrogen) atoms. The van der Waals surface area contributed by atoms with Gasteiger partial charge in [0, 0.05) is 23.8 Å². The fourth-order valence-corrected chi connectivity index (χ4v) is 4.80. The zero-order valence-corrected chi connectivity index (χ0v) is 15.4. The molecule has 0 unspecified atom stereocenters. The van der Waals surface area contributed by atoms with Gasteiger partial charge in [0.25, 0.3) is 0 Å². The quantitative estimate of drug-likeness (QED) is 0.736. The average molecular weight is 345 g/mol. The number of likely N-dealkylation sites (N-methyl/N-ethyl adjacent to an activating group) is 1. The predicted molar refractivity (Wildman–Crippen MR) is 102 cm³/mol. The van der Waals surface area contributed by atoms with Gasteiger partial charge in [-0.05, 0) is 41.3 Å². The van der Waals surface area contributed by atoms with Crippen LogP contribution in [-0.4, -0.2) is 22.3 Å². The molecule has 2 heterocycles. The number of allylic oxidation sites excluding steroid dienone is 3. The number of thioether (sulfide) groups is 2. The second-order valence-electron chi connectivity index (χ2n) is 6.01. The summed E-state index contributed by atoms with van der Waals surface area (Å²) in [6.07, 6.45) is 3.90. The maximum atomic E-state index is 12.0. The second kappa shape index (κ2) is 6.21. The molecule has 0 fully saturated rings. The first-order valence-corrected chi connectivity index (χ1v) is 9.44. The molecule has 0 saturated carbocycles. The molecule has 0 aromatic heterocycles. The molecule has 3 nitrogen and oxygen atoms in total. The summed E-state index contributed by atoms with van der Waals surface area (Å²) < 4.78 is 0.851. The molecule has 1 aromatic carbocycles. The van der Waals surface area contributed by atoms with E-state index in [0.717, 1.165) is 10.1 Å². The molecule has 0 saturated heterocycles. The summed E-state index contributed by atoms with van der Waals surface area (Å²) >= 11 is 2.85. The third kappa shape index (κ3) is 2.88. The number of hydrogen-bond donors (Lipinski definition) is 0. The summed E-state index contributed by atoms with van der Waals surface area (Å²) in [5, 5.41) is 0.0359. The molecule has 0 spiro atoms. The molecule has 0 bridgehead atoms. The largest absolute Gasteiger partial charge is 0.347 e. The van der Waals surface area contributed by atoms with Gasteiger partial charge in [-0.1, -0.05) is 50.7 Å². The van der Waals surface area contributed by atoms with Crippen LogP contribution in [0.1, 0.15) is 26.3 Å². The number of aliphatic imine (C=N–C) groups is 1. The molecule has 0 amide bonds. The van der Waals surface area contributed by atoms with Crippen molar-refractivity contribution in [3.05, 3.63) is 53.4 Å². The van der Waals surface area contributed by atoms with Gasteiger partial charge in [-0.3, -0.25) is 4.79 Å². The molecule has 0 atom stereocenters. The Morgan fingerprint density at radius 3 is 2.74 bits per heavy atom. The number of fused-ring (bicyclic) bond motifs is 1. The molecular weight excluding hydrogens is 324 g/mol. The van der Waals surface area contributed by atoms with E-state index in [4.69, 9.17) is 0 Å². The maximum absolute atomic E-state index is 12.0.